The van der Waals surface area contributed by atoms with Crippen molar-refractivity contribution in [2.75, 3.05) is 40.0 Å². The summed E-state index contributed by atoms with van der Waals surface area (Å²) in [5, 5.41) is 6.95. The average molecular weight is 619 g/mol. The van der Waals surface area contributed by atoms with Crippen LogP contribution in [0.15, 0.2) is 52.3 Å². The third kappa shape index (κ3) is 22.8. The van der Waals surface area contributed by atoms with Crippen molar-refractivity contribution in [3.63, 3.8) is 0 Å². The second-order valence-corrected chi connectivity index (χ2v) is 11.0. The number of rotatable bonds is 19. The summed E-state index contributed by atoms with van der Waals surface area (Å²) in [4.78, 5) is 24.4. The molecule has 0 radical (unpaired) electrons. The highest BCUT2D eigenvalue weighted by Crippen LogP contribution is 2.22. The van der Waals surface area contributed by atoms with E-state index in [0.29, 0.717) is 0 Å². The molecule has 2 amide bonds. The topological polar surface area (TPSA) is 92.3 Å². The van der Waals surface area contributed by atoms with Crippen LogP contribution in [0.4, 0.5) is 0 Å². The number of methoxy groups -OCH3 is 1. The maximum absolute atomic E-state index is 11.9. The van der Waals surface area contributed by atoms with Gasteiger partial charge in [-0.3, -0.25) is 15.0 Å². The Morgan fingerprint density at radius 1 is 1.11 bits per heavy atom. The van der Waals surface area contributed by atoms with Crippen molar-refractivity contribution in [3.05, 3.63) is 47.2 Å². The zero-order valence-corrected chi connectivity index (χ0v) is 29.7. The Morgan fingerprint density at radius 2 is 1.80 bits per heavy atom. The first-order valence-corrected chi connectivity index (χ1v) is 16.7. The SMILES string of the molecule is C/C=N\N/C(CC/C(=C/CC)C(C)NC=O)=C(/C)CC.C=C/C(C)=C/C(=O)N1CCC(CCCOC)CC1.CCCOCC. The maximum Gasteiger partial charge on any atom is 0.246 e. The normalized spacial score (nSPS) is 15.3. The van der Waals surface area contributed by atoms with E-state index in [1.54, 1.807) is 25.5 Å². The molecule has 1 rings (SSSR count). The monoisotopic (exact) mass is 619 g/mol. The molecule has 0 aliphatic carbocycles. The summed E-state index contributed by atoms with van der Waals surface area (Å²) in [6.45, 7) is 24.4. The molecule has 1 aliphatic heterocycles. The van der Waals surface area contributed by atoms with Gasteiger partial charge in [-0.1, -0.05) is 50.6 Å². The zero-order valence-electron chi connectivity index (χ0n) is 29.7. The molecule has 0 saturated carbocycles. The van der Waals surface area contributed by atoms with Crippen molar-refractivity contribution in [3.8, 4) is 0 Å². The predicted octanol–water partition coefficient (Wildman–Crippen LogP) is 7.73. The minimum atomic E-state index is 0.0882. The molecule has 0 aromatic carbocycles. The predicted molar refractivity (Wildman–Crippen MR) is 188 cm³/mol. The standard InChI is InChI=1S/C16H29N3O.C15H25NO2.C5H12O/c1-6-9-15(14(5)17-12-20)10-11-16(13(4)7-2)19-18-8-3;1-4-13(2)12-15(17)16-9-7-14(8-10-16)6-5-11-18-3;1-3-5-6-4-2/h8-9,12,14,19H,6-7,10-11H2,1-5H3,(H,17,20);4,12,14H,1,5-11H2,2-3H3;3-5H2,1-2H3/b15-9-,16-13-,18-8-;13-12+;. The Bertz CT molecular complexity index is 867. The lowest BCUT2D eigenvalue weighted by Crippen LogP contribution is -2.37. The Labute approximate surface area is 270 Å². The summed E-state index contributed by atoms with van der Waals surface area (Å²) in [5.74, 6) is 0.886. The summed E-state index contributed by atoms with van der Waals surface area (Å²) in [6.07, 6.45) is 17.7. The Hall–Kier alpha value is -2.71. The molecule has 2 N–H and O–H groups in total. The summed E-state index contributed by atoms with van der Waals surface area (Å²) in [6, 6.07) is 0.0882. The number of carbonyl (C=O) groups excluding carboxylic acids is 2. The number of carbonyl (C=O) groups is 2. The summed E-state index contributed by atoms with van der Waals surface area (Å²) >= 11 is 0. The van der Waals surface area contributed by atoms with Crippen LogP contribution in [0, 0.1) is 5.92 Å². The molecule has 0 spiro atoms. The fourth-order valence-electron chi connectivity index (χ4n) is 4.55. The Kier molecular flexibility index (Phi) is 29.9. The van der Waals surface area contributed by atoms with Crippen LogP contribution in [-0.4, -0.2) is 69.5 Å². The van der Waals surface area contributed by atoms with E-state index < -0.39 is 0 Å². The van der Waals surface area contributed by atoms with E-state index in [4.69, 9.17) is 9.47 Å². The molecule has 0 bridgehead atoms. The molecule has 0 aromatic heterocycles. The number of hydrazone groups is 1. The van der Waals surface area contributed by atoms with E-state index in [-0.39, 0.29) is 11.9 Å². The molecule has 1 saturated heterocycles. The Balaban J connectivity index is 0. The van der Waals surface area contributed by atoms with Crippen LogP contribution in [0.1, 0.15) is 113 Å². The number of amides is 2. The zero-order chi connectivity index (χ0) is 33.6. The highest BCUT2D eigenvalue weighted by atomic mass is 16.5. The number of hydrogen-bond acceptors (Lipinski definition) is 6. The third-order valence-electron chi connectivity index (χ3n) is 7.49. The fourth-order valence-corrected chi connectivity index (χ4v) is 4.55. The molecule has 1 aliphatic rings. The first kappa shape index (κ1) is 43.4. The molecule has 254 valence electrons. The van der Waals surface area contributed by atoms with Gasteiger partial charge in [0.25, 0.3) is 0 Å². The quantitative estimate of drug-likeness (QED) is 0.0294. The van der Waals surface area contributed by atoms with E-state index in [1.807, 2.05) is 32.6 Å². The summed E-state index contributed by atoms with van der Waals surface area (Å²) in [5.41, 5.74) is 7.81. The van der Waals surface area contributed by atoms with Gasteiger partial charge in [-0.2, -0.15) is 5.10 Å². The van der Waals surface area contributed by atoms with Gasteiger partial charge in [0.1, 0.15) is 0 Å². The van der Waals surface area contributed by atoms with Crippen LogP contribution in [0.2, 0.25) is 0 Å². The maximum atomic E-state index is 11.9. The van der Waals surface area contributed by atoms with Gasteiger partial charge < -0.3 is 19.7 Å². The lowest BCUT2D eigenvalue weighted by atomic mass is 9.92. The fraction of sp³-hybridized carbons (Fsp3) is 0.694. The minimum Gasteiger partial charge on any atom is -0.385 e. The molecule has 44 heavy (non-hydrogen) atoms. The van der Waals surface area contributed by atoms with Crippen molar-refractivity contribution >= 4 is 18.5 Å². The van der Waals surface area contributed by atoms with E-state index in [1.165, 1.54) is 23.3 Å². The van der Waals surface area contributed by atoms with Gasteiger partial charge in [-0.15, -0.1) is 0 Å². The molecular formula is C36H66N4O4. The second-order valence-electron chi connectivity index (χ2n) is 11.0. The summed E-state index contributed by atoms with van der Waals surface area (Å²) in [7, 11) is 1.75. The number of nitrogens with zero attached hydrogens (tertiary/aromatic N) is 2. The van der Waals surface area contributed by atoms with Crippen molar-refractivity contribution in [1.82, 2.24) is 15.6 Å². The van der Waals surface area contributed by atoms with Gasteiger partial charge in [0.2, 0.25) is 12.3 Å². The number of allylic oxidation sites excluding steroid dienone is 5. The number of nitrogens with one attached hydrogen (secondary N) is 2. The first-order chi connectivity index (χ1) is 21.2. The second kappa shape index (κ2) is 30.3. The Morgan fingerprint density at radius 3 is 2.27 bits per heavy atom. The molecule has 0 aromatic rings. The molecule has 1 fully saturated rings. The van der Waals surface area contributed by atoms with Crippen molar-refractivity contribution < 1.29 is 19.1 Å². The number of likely N-dealkylation sites (tertiary alicyclic amines) is 1. The number of ether oxygens (including phenoxy) is 2. The number of piperidine rings is 1. The van der Waals surface area contributed by atoms with Gasteiger partial charge in [-0.25, -0.2) is 0 Å². The smallest absolute Gasteiger partial charge is 0.246 e. The van der Waals surface area contributed by atoms with Gasteiger partial charge in [0.05, 0.1) is 0 Å². The van der Waals surface area contributed by atoms with E-state index in [0.717, 1.165) is 102 Å². The average Bonchev–Trinajstić information content (AvgIpc) is 3.03. The van der Waals surface area contributed by atoms with E-state index >= 15 is 0 Å². The van der Waals surface area contributed by atoms with Gasteiger partial charge in [0.15, 0.2) is 0 Å². The van der Waals surface area contributed by atoms with Gasteiger partial charge in [0, 0.05) is 64.0 Å². The van der Waals surface area contributed by atoms with Crippen LogP contribution in [0.3, 0.4) is 0 Å². The molecule has 1 atom stereocenters. The van der Waals surface area contributed by atoms with Crippen LogP contribution >= 0.6 is 0 Å². The molecule has 8 nitrogen and oxygen atoms in total. The van der Waals surface area contributed by atoms with Crippen LogP contribution in [0.25, 0.3) is 0 Å². The van der Waals surface area contributed by atoms with Crippen molar-refractivity contribution in [1.29, 1.82) is 0 Å². The highest BCUT2D eigenvalue weighted by Gasteiger charge is 2.21. The minimum absolute atomic E-state index is 0.0882. The van der Waals surface area contributed by atoms with Crippen LogP contribution in [0.5, 0.6) is 0 Å². The third-order valence-corrected chi connectivity index (χ3v) is 7.49. The largest absolute Gasteiger partial charge is 0.385 e. The molecule has 8 heteroatoms. The first-order valence-electron chi connectivity index (χ1n) is 16.7. The van der Waals surface area contributed by atoms with Gasteiger partial charge in [-0.05, 0) is 104 Å². The van der Waals surface area contributed by atoms with Crippen molar-refractivity contribution in [2.45, 2.75) is 119 Å². The van der Waals surface area contributed by atoms with Gasteiger partial charge >= 0.3 is 0 Å². The molecule has 1 unspecified atom stereocenters. The van der Waals surface area contributed by atoms with Crippen LogP contribution < -0.4 is 10.7 Å². The molecular weight excluding hydrogens is 552 g/mol. The van der Waals surface area contributed by atoms with Crippen LogP contribution in [-0.2, 0) is 19.1 Å². The molecule has 1 heterocycles. The lowest BCUT2D eigenvalue weighted by Gasteiger charge is -2.31. The number of hydrogen-bond donors (Lipinski definition) is 2. The highest BCUT2D eigenvalue weighted by molar-refractivity contribution is 5.88. The lowest BCUT2D eigenvalue weighted by molar-refractivity contribution is -0.127. The van der Waals surface area contributed by atoms with E-state index in [9.17, 15) is 9.59 Å². The van der Waals surface area contributed by atoms with E-state index in [2.05, 4.69) is 56.2 Å². The summed E-state index contributed by atoms with van der Waals surface area (Å²) < 4.78 is 10.0. The van der Waals surface area contributed by atoms with Crippen molar-refractivity contribution in [2.24, 2.45) is 11.0 Å².